The number of rotatable bonds is 3. The molecule has 0 aromatic heterocycles. The third-order valence-corrected chi connectivity index (χ3v) is 4.86. The van der Waals surface area contributed by atoms with Crippen LogP contribution in [0.5, 0.6) is 0 Å². The second-order valence-electron chi connectivity index (χ2n) is 4.75. The Labute approximate surface area is 123 Å². The topological polar surface area (TPSA) is 58.2 Å². The Kier molecular flexibility index (Phi) is 5.88. The summed E-state index contributed by atoms with van der Waals surface area (Å²) in [6.45, 7) is 3.18. The molecule has 4 nitrogen and oxygen atoms in total. The third kappa shape index (κ3) is 3.66. The Morgan fingerprint density at radius 3 is 2.45 bits per heavy atom. The van der Waals surface area contributed by atoms with Crippen molar-refractivity contribution in [2.24, 2.45) is 5.92 Å². The van der Waals surface area contributed by atoms with Gasteiger partial charge in [-0.15, -0.1) is 12.4 Å². The molecular formula is C12H17ClF2N2O2S. The van der Waals surface area contributed by atoms with Gasteiger partial charge in [-0.05, 0) is 31.0 Å². The fourth-order valence-electron chi connectivity index (χ4n) is 2.14. The van der Waals surface area contributed by atoms with E-state index in [1.807, 2.05) is 6.92 Å². The Hall–Kier alpha value is -0.760. The van der Waals surface area contributed by atoms with Crippen molar-refractivity contribution in [1.29, 1.82) is 0 Å². The van der Waals surface area contributed by atoms with Gasteiger partial charge in [0.2, 0.25) is 10.0 Å². The largest absolute Gasteiger partial charge is 0.315 e. The van der Waals surface area contributed by atoms with Gasteiger partial charge >= 0.3 is 0 Å². The van der Waals surface area contributed by atoms with Crippen molar-refractivity contribution in [3.63, 3.8) is 0 Å². The molecule has 0 saturated carbocycles. The molecule has 114 valence electrons. The Bertz CT molecular complexity index is 548. The normalized spacial score (nSPS) is 23.1. The van der Waals surface area contributed by atoms with Gasteiger partial charge in [0, 0.05) is 12.6 Å². The monoisotopic (exact) mass is 326 g/mol. The third-order valence-electron chi connectivity index (χ3n) is 3.32. The molecule has 0 amide bonds. The summed E-state index contributed by atoms with van der Waals surface area (Å²) in [6.07, 6.45) is 0.812. The highest BCUT2D eigenvalue weighted by Gasteiger charge is 2.30. The van der Waals surface area contributed by atoms with Crippen molar-refractivity contribution < 1.29 is 17.2 Å². The molecule has 1 saturated heterocycles. The van der Waals surface area contributed by atoms with E-state index in [9.17, 15) is 17.2 Å². The van der Waals surface area contributed by atoms with E-state index in [2.05, 4.69) is 10.0 Å². The summed E-state index contributed by atoms with van der Waals surface area (Å²) in [6, 6.07) is 2.63. The molecule has 8 heteroatoms. The standard InChI is InChI=1S/C12H16F2N2O2S.ClH/c1-8-5-6-15-7-11(8)16-19(17,18)12-9(13)3-2-4-10(12)14;/h2-4,8,11,15-16H,5-7H2,1H3;1H. The molecule has 1 aromatic rings. The molecule has 1 aromatic carbocycles. The highest BCUT2D eigenvalue weighted by atomic mass is 35.5. The second kappa shape index (κ2) is 6.80. The zero-order valence-electron chi connectivity index (χ0n) is 10.9. The average Bonchev–Trinajstić information content (AvgIpc) is 2.31. The van der Waals surface area contributed by atoms with E-state index in [0.717, 1.165) is 31.2 Å². The molecule has 1 aliphatic heterocycles. The molecule has 2 atom stereocenters. The minimum atomic E-state index is -4.19. The predicted octanol–water partition coefficient (Wildman–Crippen LogP) is 1.66. The highest BCUT2D eigenvalue weighted by Crippen LogP contribution is 2.20. The van der Waals surface area contributed by atoms with E-state index < -0.39 is 26.6 Å². The molecule has 2 N–H and O–H groups in total. The van der Waals surface area contributed by atoms with Gasteiger partial charge in [-0.25, -0.2) is 21.9 Å². The molecular weight excluding hydrogens is 310 g/mol. The fourth-order valence-corrected chi connectivity index (χ4v) is 3.63. The lowest BCUT2D eigenvalue weighted by Gasteiger charge is -2.30. The summed E-state index contributed by atoms with van der Waals surface area (Å²) in [7, 11) is -4.19. The molecule has 0 aliphatic carbocycles. The molecule has 0 bridgehead atoms. The maximum Gasteiger partial charge on any atom is 0.246 e. The van der Waals surface area contributed by atoms with Crippen LogP contribution in [0.3, 0.4) is 0 Å². The number of sulfonamides is 1. The predicted molar refractivity (Wildman–Crippen MR) is 74.4 cm³/mol. The molecule has 2 rings (SSSR count). The van der Waals surface area contributed by atoms with E-state index >= 15 is 0 Å². The van der Waals surface area contributed by atoms with Gasteiger partial charge in [0.25, 0.3) is 0 Å². The van der Waals surface area contributed by atoms with Crippen LogP contribution in [0.25, 0.3) is 0 Å². The lowest BCUT2D eigenvalue weighted by molar-refractivity contribution is 0.326. The van der Waals surface area contributed by atoms with Crippen LogP contribution in [0.2, 0.25) is 0 Å². The van der Waals surface area contributed by atoms with E-state index in [0.29, 0.717) is 6.54 Å². The van der Waals surface area contributed by atoms with E-state index in [-0.39, 0.29) is 24.4 Å². The van der Waals surface area contributed by atoms with E-state index in [1.54, 1.807) is 0 Å². The first-order valence-corrected chi connectivity index (χ1v) is 7.57. The first kappa shape index (κ1) is 17.3. The van der Waals surface area contributed by atoms with Crippen LogP contribution in [0.4, 0.5) is 8.78 Å². The van der Waals surface area contributed by atoms with Crippen molar-refractivity contribution in [2.75, 3.05) is 13.1 Å². The number of hydrogen-bond donors (Lipinski definition) is 2. The SMILES string of the molecule is CC1CCNCC1NS(=O)(=O)c1c(F)cccc1F.Cl. The van der Waals surface area contributed by atoms with Crippen LogP contribution in [-0.4, -0.2) is 27.5 Å². The summed E-state index contributed by atoms with van der Waals surface area (Å²) in [5.74, 6) is -2.04. The van der Waals surface area contributed by atoms with Gasteiger partial charge < -0.3 is 5.32 Å². The van der Waals surface area contributed by atoms with Gasteiger partial charge in [0.1, 0.15) is 11.6 Å². The maximum atomic E-state index is 13.5. The number of halogens is 3. The summed E-state index contributed by atoms with van der Waals surface area (Å²) in [5, 5.41) is 3.05. The number of benzene rings is 1. The highest BCUT2D eigenvalue weighted by molar-refractivity contribution is 7.89. The fraction of sp³-hybridized carbons (Fsp3) is 0.500. The maximum absolute atomic E-state index is 13.5. The smallest absolute Gasteiger partial charge is 0.246 e. The van der Waals surface area contributed by atoms with E-state index in [4.69, 9.17) is 0 Å². The number of nitrogens with one attached hydrogen (secondary N) is 2. The first-order chi connectivity index (χ1) is 8.92. The zero-order valence-corrected chi connectivity index (χ0v) is 12.5. The Balaban J connectivity index is 0.00000200. The first-order valence-electron chi connectivity index (χ1n) is 6.09. The van der Waals surface area contributed by atoms with Crippen molar-refractivity contribution in [2.45, 2.75) is 24.3 Å². The van der Waals surface area contributed by atoms with Gasteiger partial charge in [-0.1, -0.05) is 13.0 Å². The van der Waals surface area contributed by atoms with Gasteiger partial charge in [-0.2, -0.15) is 0 Å². The molecule has 20 heavy (non-hydrogen) atoms. The van der Waals surface area contributed by atoms with Crippen LogP contribution in [0.1, 0.15) is 13.3 Å². The molecule has 0 radical (unpaired) electrons. The minimum Gasteiger partial charge on any atom is -0.315 e. The number of piperidine rings is 1. The minimum absolute atomic E-state index is 0. The van der Waals surface area contributed by atoms with Gasteiger partial charge in [-0.3, -0.25) is 0 Å². The number of hydrogen-bond acceptors (Lipinski definition) is 3. The summed E-state index contributed by atoms with van der Waals surface area (Å²) < 4.78 is 53.6. The molecule has 2 unspecified atom stereocenters. The van der Waals surface area contributed by atoms with Crippen molar-refractivity contribution in [3.8, 4) is 0 Å². The summed E-state index contributed by atoms with van der Waals surface area (Å²) in [4.78, 5) is -0.909. The van der Waals surface area contributed by atoms with Crippen molar-refractivity contribution >= 4 is 22.4 Å². The van der Waals surface area contributed by atoms with Crippen LogP contribution in [-0.2, 0) is 10.0 Å². The Morgan fingerprint density at radius 2 is 1.90 bits per heavy atom. The molecule has 1 heterocycles. The lowest BCUT2D eigenvalue weighted by atomic mass is 9.96. The van der Waals surface area contributed by atoms with Gasteiger partial charge in [0.15, 0.2) is 4.90 Å². The summed E-state index contributed by atoms with van der Waals surface area (Å²) in [5.41, 5.74) is 0. The van der Waals surface area contributed by atoms with Crippen molar-refractivity contribution in [1.82, 2.24) is 10.0 Å². The summed E-state index contributed by atoms with van der Waals surface area (Å²) >= 11 is 0. The van der Waals surface area contributed by atoms with E-state index in [1.165, 1.54) is 0 Å². The zero-order chi connectivity index (χ0) is 14.0. The quantitative estimate of drug-likeness (QED) is 0.888. The van der Waals surface area contributed by atoms with Crippen molar-refractivity contribution in [3.05, 3.63) is 29.8 Å². The van der Waals surface area contributed by atoms with Gasteiger partial charge in [0.05, 0.1) is 0 Å². The van der Waals surface area contributed by atoms with Crippen LogP contribution in [0, 0.1) is 17.6 Å². The Morgan fingerprint density at radius 1 is 1.30 bits per heavy atom. The lowest BCUT2D eigenvalue weighted by Crippen LogP contribution is -2.50. The van der Waals surface area contributed by atoms with Crippen LogP contribution >= 0.6 is 12.4 Å². The second-order valence-corrected chi connectivity index (χ2v) is 6.40. The van der Waals surface area contributed by atoms with Crippen LogP contribution in [0.15, 0.2) is 23.1 Å². The molecule has 1 aliphatic rings. The average molecular weight is 327 g/mol. The van der Waals surface area contributed by atoms with Crippen LogP contribution < -0.4 is 10.0 Å². The molecule has 1 fully saturated rings. The molecule has 0 spiro atoms.